The summed E-state index contributed by atoms with van der Waals surface area (Å²) in [4.78, 5) is 27.0. The summed E-state index contributed by atoms with van der Waals surface area (Å²) in [5.74, 6) is 1.25. The number of hydrogen-bond donors (Lipinski definition) is 2. The summed E-state index contributed by atoms with van der Waals surface area (Å²) < 4.78 is 5.55. The molecule has 1 aromatic heterocycles. The zero-order valence-corrected chi connectivity index (χ0v) is 17.4. The monoisotopic (exact) mass is 405 g/mol. The maximum atomic E-state index is 12.6. The summed E-state index contributed by atoms with van der Waals surface area (Å²) in [6.45, 7) is 3.13. The molecule has 0 atom stereocenters. The highest BCUT2D eigenvalue weighted by molar-refractivity contribution is 6.04. The van der Waals surface area contributed by atoms with Crippen LogP contribution in [0.5, 0.6) is 0 Å². The van der Waals surface area contributed by atoms with E-state index in [-0.39, 0.29) is 18.4 Å². The van der Waals surface area contributed by atoms with Crippen molar-refractivity contribution < 1.29 is 14.0 Å². The molecular formula is C24H27N3O3. The fourth-order valence-corrected chi connectivity index (χ4v) is 3.18. The van der Waals surface area contributed by atoms with Crippen molar-refractivity contribution in [2.24, 2.45) is 0 Å². The van der Waals surface area contributed by atoms with Gasteiger partial charge in [0.2, 0.25) is 5.91 Å². The van der Waals surface area contributed by atoms with Crippen molar-refractivity contribution >= 4 is 17.5 Å². The zero-order chi connectivity index (χ0) is 21.3. The van der Waals surface area contributed by atoms with Crippen molar-refractivity contribution in [2.75, 3.05) is 25.5 Å². The van der Waals surface area contributed by atoms with E-state index < -0.39 is 0 Å². The fourth-order valence-electron chi connectivity index (χ4n) is 3.18. The number of para-hydroxylation sites is 1. The molecule has 156 valence electrons. The molecule has 1 heterocycles. The Bertz CT molecular complexity index is 982. The number of nitrogens with one attached hydrogen (secondary N) is 2. The maximum Gasteiger partial charge on any atom is 0.253 e. The van der Waals surface area contributed by atoms with E-state index >= 15 is 0 Å². The molecule has 0 aliphatic carbocycles. The molecule has 0 saturated heterocycles. The molecule has 2 N–H and O–H groups in total. The smallest absolute Gasteiger partial charge is 0.253 e. The first-order valence-electron chi connectivity index (χ1n) is 9.96. The Kier molecular flexibility index (Phi) is 7.40. The van der Waals surface area contributed by atoms with Crippen LogP contribution in [0, 0.1) is 6.92 Å². The van der Waals surface area contributed by atoms with Crippen LogP contribution in [0.1, 0.15) is 27.4 Å². The molecule has 0 aliphatic heterocycles. The SMILES string of the molecule is Cc1ccc(CN(C)CC(=O)Nc2ccccc2C(=O)NCCc2ccccc2)o1. The Morgan fingerprint density at radius 1 is 0.967 bits per heavy atom. The number of hydrogen-bond acceptors (Lipinski definition) is 4. The van der Waals surface area contributed by atoms with Crippen molar-refractivity contribution in [1.82, 2.24) is 10.2 Å². The fraction of sp³-hybridized carbons (Fsp3) is 0.250. The molecule has 0 fully saturated rings. The average molecular weight is 405 g/mol. The lowest BCUT2D eigenvalue weighted by molar-refractivity contribution is -0.117. The Morgan fingerprint density at radius 3 is 2.43 bits per heavy atom. The van der Waals surface area contributed by atoms with Gasteiger partial charge in [-0.05, 0) is 50.2 Å². The lowest BCUT2D eigenvalue weighted by atomic mass is 10.1. The molecule has 0 radical (unpaired) electrons. The first-order chi connectivity index (χ1) is 14.5. The van der Waals surface area contributed by atoms with Gasteiger partial charge in [0.05, 0.1) is 24.3 Å². The van der Waals surface area contributed by atoms with E-state index in [9.17, 15) is 9.59 Å². The number of aryl methyl sites for hydroxylation is 1. The molecule has 3 rings (SSSR count). The molecule has 0 spiro atoms. The molecule has 0 saturated carbocycles. The highest BCUT2D eigenvalue weighted by Crippen LogP contribution is 2.15. The third-order valence-electron chi connectivity index (χ3n) is 4.62. The summed E-state index contributed by atoms with van der Waals surface area (Å²) in [5.41, 5.74) is 2.11. The number of benzene rings is 2. The van der Waals surface area contributed by atoms with E-state index in [1.165, 1.54) is 0 Å². The topological polar surface area (TPSA) is 74.6 Å². The molecule has 6 nitrogen and oxygen atoms in total. The van der Waals surface area contributed by atoms with Gasteiger partial charge in [-0.25, -0.2) is 0 Å². The highest BCUT2D eigenvalue weighted by atomic mass is 16.3. The average Bonchev–Trinajstić information content (AvgIpc) is 3.13. The second-order valence-electron chi connectivity index (χ2n) is 7.27. The second kappa shape index (κ2) is 10.4. The van der Waals surface area contributed by atoms with Gasteiger partial charge >= 0.3 is 0 Å². The van der Waals surface area contributed by atoms with Crippen LogP contribution in [-0.2, 0) is 17.8 Å². The van der Waals surface area contributed by atoms with Gasteiger partial charge in [-0.2, -0.15) is 0 Å². The van der Waals surface area contributed by atoms with Gasteiger partial charge in [0.25, 0.3) is 5.91 Å². The lowest BCUT2D eigenvalue weighted by Gasteiger charge is -2.16. The minimum atomic E-state index is -0.207. The van der Waals surface area contributed by atoms with Gasteiger partial charge in [-0.1, -0.05) is 42.5 Å². The van der Waals surface area contributed by atoms with Gasteiger partial charge in [0.1, 0.15) is 11.5 Å². The van der Waals surface area contributed by atoms with Gasteiger partial charge in [-0.15, -0.1) is 0 Å². The van der Waals surface area contributed by atoms with Crippen molar-refractivity contribution in [2.45, 2.75) is 19.9 Å². The minimum absolute atomic E-state index is 0.184. The van der Waals surface area contributed by atoms with E-state index in [2.05, 4.69) is 10.6 Å². The van der Waals surface area contributed by atoms with Crippen LogP contribution in [0.15, 0.2) is 71.1 Å². The standard InChI is InChI=1S/C24H27N3O3/c1-18-12-13-20(30-18)16-27(2)17-23(28)26-22-11-7-6-10-21(22)24(29)25-15-14-19-8-4-3-5-9-19/h3-13H,14-17H2,1-2H3,(H,25,29)(H,26,28). The summed E-state index contributed by atoms with van der Waals surface area (Å²) in [5, 5.41) is 5.77. The Morgan fingerprint density at radius 2 is 1.70 bits per heavy atom. The Hall–Kier alpha value is -3.38. The number of likely N-dealkylation sites (N-methyl/N-ethyl adjacent to an activating group) is 1. The van der Waals surface area contributed by atoms with Gasteiger partial charge < -0.3 is 15.1 Å². The zero-order valence-electron chi connectivity index (χ0n) is 17.4. The first-order valence-corrected chi connectivity index (χ1v) is 9.96. The number of carbonyl (C=O) groups is 2. The van der Waals surface area contributed by atoms with E-state index in [4.69, 9.17) is 4.42 Å². The van der Waals surface area contributed by atoms with E-state index in [0.29, 0.717) is 24.3 Å². The molecule has 0 unspecified atom stereocenters. The molecule has 3 aromatic rings. The molecular weight excluding hydrogens is 378 g/mol. The minimum Gasteiger partial charge on any atom is -0.465 e. The number of anilines is 1. The molecule has 2 amide bonds. The van der Waals surface area contributed by atoms with Crippen LogP contribution in [0.4, 0.5) is 5.69 Å². The third-order valence-corrected chi connectivity index (χ3v) is 4.62. The first kappa shape index (κ1) is 21.3. The van der Waals surface area contributed by atoms with Crippen LogP contribution >= 0.6 is 0 Å². The van der Waals surface area contributed by atoms with E-state index in [0.717, 1.165) is 23.5 Å². The highest BCUT2D eigenvalue weighted by Gasteiger charge is 2.14. The Balaban J connectivity index is 1.53. The number of nitrogens with zero attached hydrogens (tertiary/aromatic N) is 1. The van der Waals surface area contributed by atoms with Crippen LogP contribution in [0.3, 0.4) is 0 Å². The van der Waals surface area contributed by atoms with Crippen LogP contribution < -0.4 is 10.6 Å². The summed E-state index contributed by atoms with van der Waals surface area (Å²) in [6, 6.07) is 20.8. The van der Waals surface area contributed by atoms with Gasteiger partial charge in [-0.3, -0.25) is 14.5 Å². The molecule has 0 bridgehead atoms. The number of furan rings is 1. The van der Waals surface area contributed by atoms with Gasteiger partial charge in [0.15, 0.2) is 0 Å². The largest absolute Gasteiger partial charge is 0.465 e. The molecule has 30 heavy (non-hydrogen) atoms. The molecule has 2 aromatic carbocycles. The summed E-state index contributed by atoms with van der Waals surface area (Å²) in [6.07, 6.45) is 0.748. The van der Waals surface area contributed by atoms with Crippen molar-refractivity contribution in [3.8, 4) is 0 Å². The second-order valence-corrected chi connectivity index (χ2v) is 7.27. The molecule has 0 aliphatic rings. The van der Waals surface area contributed by atoms with Crippen molar-refractivity contribution in [3.63, 3.8) is 0 Å². The lowest BCUT2D eigenvalue weighted by Crippen LogP contribution is -2.31. The van der Waals surface area contributed by atoms with Crippen LogP contribution in [-0.4, -0.2) is 36.9 Å². The summed E-state index contributed by atoms with van der Waals surface area (Å²) in [7, 11) is 1.85. The number of rotatable bonds is 9. The quantitative estimate of drug-likeness (QED) is 0.570. The number of carbonyl (C=O) groups excluding carboxylic acids is 2. The molecule has 6 heteroatoms. The van der Waals surface area contributed by atoms with E-state index in [1.54, 1.807) is 24.3 Å². The predicted molar refractivity (Wildman–Crippen MR) is 117 cm³/mol. The Labute approximate surface area is 176 Å². The maximum absolute atomic E-state index is 12.6. The van der Waals surface area contributed by atoms with E-state index in [1.807, 2.05) is 61.3 Å². The summed E-state index contributed by atoms with van der Waals surface area (Å²) >= 11 is 0. The van der Waals surface area contributed by atoms with Crippen LogP contribution in [0.25, 0.3) is 0 Å². The number of amides is 2. The predicted octanol–water partition coefficient (Wildman–Crippen LogP) is 3.63. The normalized spacial score (nSPS) is 10.8. The van der Waals surface area contributed by atoms with Crippen LogP contribution in [0.2, 0.25) is 0 Å². The van der Waals surface area contributed by atoms with Crippen molar-refractivity contribution in [1.29, 1.82) is 0 Å². The third kappa shape index (κ3) is 6.32. The van der Waals surface area contributed by atoms with Gasteiger partial charge in [0, 0.05) is 6.54 Å². The van der Waals surface area contributed by atoms with Crippen molar-refractivity contribution in [3.05, 3.63) is 89.4 Å².